The van der Waals surface area contributed by atoms with Crippen LogP contribution in [-0.4, -0.2) is 18.1 Å². The topological polar surface area (TPSA) is 78.3 Å². The second kappa shape index (κ2) is 8.06. The first-order valence-electron chi connectivity index (χ1n) is 5.37. The van der Waals surface area contributed by atoms with E-state index in [2.05, 4.69) is 0 Å². The second-order valence-electron chi connectivity index (χ2n) is 3.69. The van der Waals surface area contributed by atoms with Gasteiger partial charge >= 0.3 is 5.97 Å². The fourth-order valence-electron chi connectivity index (χ4n) is 1.25. The Morgan fingerprint density at radius 3 is 2.41 bits per heavy atom. The zero-order valence-electron chi connectivity index (χ0n) is 9.84. The molecule has 2 atom stereocenters. The lowest BCUT2D eigenvalue weighted by atomic mass is 10.1. The average molecular weight is 259 g/mol. The van der Waals surface area contributed by atoms with Gasteiger partial charge in [-0.2, -0.15) is 0 Å². The molecular weight excluding hydrogens is 240 g/mol. The van der Waals surface area contributed by atoms with Gasteiger partial charge in [-0.15, -0.1) is 12.4 Å². The molecule has 96 valence electrons. The number of nitrogens with two attached hydrogens (primary N) is 2. The van der Waals surface area contributed by atoms with E-state index in [9.17, 15) is 4.79 Å². The molecule has 0 spiro atoms. The van der Waals surface area contributed by atoms with Crippen molar-refractivity contribution in [2.45, 2.75) is 32.0 Å². The molecule has 0 aliphatic carbocycles. The van der Waals surface area contributed by atoms with E-state index in [0.717, 1.165) is 5.56 Å². The van der Waals surface area contributed by atoms with Crippen molar-refractivity contribution < 1.29 is 9.53 Å². The summed E-state index contributed by atoms with van der Waals surface area (Å²) in [4.78, 5) is 11.5. The van der Waals surface area contributed by atoms with Gasteiger partial charge in [0, 0.05) is 6.04 Å². The summed E-state index contributed by atoms with van der Waals surface area (Å²) in [7, 11) is 0. The van der Waals surface area contributed by atoms with Crippen molar-refractivity contribution in [1.29, 1.82) is 0 Å². The maximum atomic E-state index is 11.5. The summed E-state index contributed by atoms with van der Waals surface area (Å²) in [5.41, 5.74) is 12.2. The fourth-order valence-corrected chi connectivity index (χ4v) is 1.25. The summed E-state index contributed by atoms with van der Waals surface area (Å²) in [5, 5.41) is 0. The molecule has 0 amide bonds. The third-order valence-corrected chi connectivity index (χ3v) is 2.43. The van der Waals surface area contributed by atoms with Crippen molar-refractivity contribution in [2.24, 2.45) is 11.5 Å². The van der Waals surface area contributed by atoms with Crippen LogP contribution >= 0.6 is 12.4 Å². The van der Waals surface area contributed by atoms with E-state index in [1.54, 1.807) is 0 Å². The average Bonchev–Trinajstić information content (AvgIpc) is 2.35. The van der Waals surface area contributed by atoms with E-state index in [1.165, 1.54) is 0 Å². The molecule has 5 heteroatoms. The van der Waals surface area contributed by atoms with Crippen LogP contribution in [0.3, 0.4) is 0 Å². The van der Waals surface area contributed by atoms with Gasteiger partial charge in [-0.05, 0) is 12.0 Å². The van der Waals surface area contributed by atoms with Gasteiger partial charge in [0.15, 0.2) is 0 Å². The summed E-state index contributed by atoms with van der Waals surface area (Å²) in [6.45, 7) is 2.12. The Morgan fingerprint density at radius 1 is 1.29 bits per heavy atom. The first kappa shape index (κ1) is 15.9. The van der Waals surface area contributed by atoms with Gasteiger partial charge in [0.25, 0.3) is 0 Å². The zero-order chi connectivity index (χ0) is 12.0. The Hall–Kier alpha value is -1.10. The Morgan fingerprint density at radius 2 is 1.88 bits per heavy atom. The van der Waals surface area contributed by atoms with Gasteiger partial charge < -0.3 is 16.2 Å². The SMILES string of the molecule is CCC(N)C(N)C(=O)OCc1ccccc1.Cl. The van der Waals surface area contributed by atoms with Crippen LogP contribution in [0.25, 0.3) is 0 Å². The molecule has 0 heterocycles. The lowest BCUT2D eigenvalue weighted by Gasteiger charge is -2.16. The molecule has 17 heavy (non-hydrogen) atoms. The van der Waals surface area contributed by atoms with Crippen LogP contribution < -0.4 is 11.5 Å². The second-order valence-corrected chi connectivity index (χ2v) is 3.69. The van der Waals surface area contributed by atoms with Crippen LogP contribution in [0.4, 0.5) is 0 Å². The highest BCUT2D eigenvalue weighted by Gasteiger charge is 2.21. The van der Waals surface area contributed by atoms with E-state index < -0.39 is 12.0 Å². The standard InChI is InChI=1S/C12H18N2O2.ClH/c1-2-10(13)11(14)12(15)16-8-9-6-4-3-5-7-9;/h3-7,10-11H,2,8,13-14H2,1H3;1H. The van der Waals surface area contributed by atoms with Crippen LogP contribution in [-0.2, 0) is 16.1 Å². The molecule has 2 unspecified atom stereocenters. The molecule has 0 saturated heterocycles. The smallest absolute Gasteiger partial charge is 0.324 e. The molecule has 4 nitrogen and oxygen atoms in total. The summed E-state index contributed by atoms with van der Waals surface area (Å²) >= 11 is 0. The quantitative estimate of drug-likeness (QED) is 0.779. The van der Waals surface area contributed by atoms with Crippen molar-refractivity contribution in [3.8, 4) is 0 Å². The number of carbonyl (C=O) groups excluding carboxylic acids is 1. The largest absolute Gasteiger partial charge is 0.460 e. The number of hydrogen-bond donors (Lipinski definition) is 2. The molecule has 0 fully saturated rings. The van der Waals surface area contributed by atoms with Crippen LogP contribution in [0, 0.1) is 0 Å². The predicted octanol–water partition coefficient (Wildman–Crippen LogP) is 1.22. The highest BCUT2D eigenvalue weighted by molar-refractivity contribution is 5.85. The van der Waals surface area contributed by atoms with Gasteiger partial charge in [0.1, 0.15) is 12.6 Å². The van der Waals surface area contributed by atoms with Crippen LogP contribution in [0.5, 0.6) is 0 Å². The van der Waals surface area contributed by atoms with Crippen LogP contribution in [0.2, 0.25) is 0 Å². The highest BCUT2D eigenvalue weighted by atomic mass is 35.5. The molecule has 0 saturated carbocycles. The number of esters is 1. The molecule has 1 rings (SSSR count). The first-order chi connectivity index (χ1) is 7.65. The van der Waals surface area contributed by atoms with Crippen molar-refractivity contribution in [3.05, 3.63) is 35.9 Å². The molecule has 0 aromatic heterocycles. The van der Waals surface area contributed by atoms with Crippen molar-refractivity contribution >= 4 is 18.4 Å². The maximum absolute atomic E-state index is 11.5. The third-order valence-electron chi connectivity index (χ3n) is 2.43. The minimum atomic E-state index is -0.742. The molecular formula is C12H19ClN2O2. The minimum Gasteiger partial charge on any atom is -0.460 e. The summed E-state index contributed by atoms with van der Waals surface area (Å²) in [5.74, 6) is -0.446. The number of rotatable bonds is 5. The summed E-state index contributed by atoms with van der Waals surface area (Å²) in [6.07, 6.45) is 0.654. The Labute approximate surface area is 108 Å². The summed E-state index contributed by atoms with van der Waals surface area (Å²) < 4.78 is 5.07. The first-order valence-corrected chi connectivity index (χ1v) is 5.37. The maximum Gasteiger partial charge on any atom is 0.324 e. The fraction of sp³-hybridized carbons (Fsp3) is 0.417. The molecule has 0 bridgehead atoms. The lowest BCUT2D eigenvalue weighted by molar-refractivity contribution is -0.147. The van der Waals surface area contributed by atoms with Gasteiger partial charge in [-0.3, -0.25) is 4.79 Å². The minimum absolute atomic E-state index is 0. The van der Waals surface area contributed by atoms with Gasteiger partial charge in [0.2, 0.25) is 0 Å². The molecule has 0 aliphatic rings. The van der Waals surface area contributed by atoms with Crippen LogP contribution in [0.1, 0.15) is 18.9 Å². The van der Waals surface area contributed by atoms with Gasteiger partial charge in [-0.1, -0.05) is 37.3 Å². The number of hydrogen-bond acceptors (Lipinski definition) is 4. The highest BCUT2D eigenvalue weighted by Crippen LogP contribution is 2.03. The number of halogens is 1. The molecule has 4 N–H and O–H groups in total. The van der Waals surface area contributed by atoms with E-state index in [-0.39, 0.29) is 25.1 Å². The van der Waals surface area contributed by atoms with Crippen molar-refractivity contribution in [2.75, 3.05) is 0 Å². The van der Waals surface area contributed by atoms with E-state index in [1.807, 2.05) is 37.3 Å². The number of ether oxygens (including phenoxy) is 1. The molecule has 1 aromatic rings. The Kier molecular flexibility index (Phi) is 7.54. The van der Waals surface area contributed by atoms with Gasteiger partial charge in [0.05, 0.1) is 0 Å². The van der Waals surface area contributed by atoms with Gasteiger partial charge in [-0.25, -0.2) is 0 Å². The normalized spacial score (nSPS) is 13.4. The molecule has 0 radical (unpaired) electrons. The van der Waals surface area contributed by atoms with E-state index >= 15 is 0 Å². The number of benzene rings is 1. The third kappa shape index (κ3) is 5.17. The van der Waals surface area contributed by atoms with Crippen molar-refractivity contribution in [3.63, 3.8) is 0 Å². The lowest BCUT2D eigenvalue weighted by Crippen LogP contribution is -2.47. The monoisotopic (exact) mass is 258 g/mol. The Bertz CT molecular complexity index is 333. The van der Waals surface area contributed by atoms with Crippen molar-refractivity contribution in [1.82, 2.24) is 0 Å². The Balaban J connectivity index is 0.00000256. The predicted molar refractivity (Wildman–Crippen MR) is 69.7 cm³/mol. The van der Waals surface area contributed by atoms with Crippen LogP contribution in [0.15, 0.2) is 30.3 Å². The molecule has 0 aliphatic heterocycles. The van der Waals surface area contributed by atoms with E-state index in [0.29, 0.717) is 6.42 Å². The zero-order valence-corrected chi connectivity index (χ0v) is 10.7. The summed E-state index contributed by atoms with van der Waals surface area (Å²) in [6, 6.07) is 8.38. The van der Waals surface area contributed by atoms with E-state index in [4.69, 9.17) is 16.2 Å². The number of carbonyl (C=O) groups is 1. The molecule has 1 aromatic carbocycles.